The zero-order valence-corrected chi connectivity index (χ0v) is 13.1. The molecule has 1 saturated carbocycles. The number of rotatable bonds is 4. The van der Waals surface area contributed by atoms with E-state index in [9.17, 15) is 4.39 Å². The van der Waals surface area contributed by atoms with Crippen molar-refractivity contribution in [1.82, 2.24) is 5.32 Å². The second-order valence-electron chi connectivity index (χ2n) is 5.89. The molecule has 3 rings (SSSR count). The summed E-state index contributed by atoms with van der Waals surface area (Å²) in [5, 5.41) is 4.19. The molecule has 0 radical (unpaired) electrons. The summed E-state index contributed by atoms with van der Waals surface area (Å²) in [5.74, 6) is -0.185. The highest BCUT2D eigenvalue weighted by Gasteiger charge is 2.20. The van der Waals surface area contributed by atoms with Crippen molar-refractivity contribution in [2.45, 2.75) is 39.3 Å². The second kappa shape index (κ2) is 5.78. The Hall–Kier alpha value is -1.38. The molecule has 1 aliphatic carbocycles. The zero-order valence-electron chi connectivity index (χ0n) is 12.3. The van der Waals surface area contributed by atoms with Gasteiger partial charge in [0.1, 0.15) is 5.82 Å². The van der Waals surface area contributed by atoms with Gasteiger partial charge in [0.2, 0.25) is 0 Å². The van der Waals surface area contributed by atoms with Gasteiger partial charge in [-0.15, -0.1) is 0 Å². The summed E-state index contributed by atoms with van der Waals surface area (Å²) in [6.07, 6.45) is 2.51. The molecule has 0 unspecified atom stereocenters. The molecule has 0 spiro atoms. The van der Waals surface area contributed by atoms with E-state index in [0.717, 1.165) is 33.8 Å². The van der Waals surface area contributed by atoms with Gasteiger partial charge in [0.15, 0.2) is 0 Å². The van der Waals surface area contributed by atoms with E-state index >= 15 is 0 Å². The van der Waals surface area contributed by atoms with E-state index < -0.39 is 0 Å². The summed E-state index contributed by atoms with van der Waals surface area (Å²) in [6.45, 7) is 4.71. The number of hydrogen-bond acceptors (Lipinski definition) is 1. The molecule has 110 valence electrons. The molecule has 0 bridgehead atoms. The van der Waals surface area contributed by atoms with E-state index in [1.165, 1.54) is 12.8 Å². The Morgan fingerprint density at radius 3 is 2.57 bits per heavy atom. The van der Waals surface area contributed by atoms with Gasteiger partial charge >= 0.3 is 0 Å². The highest BCUT2D eigenvalue weighted by Crippen LogP contribution is 2.31. The van der Waals surface area contributed by atoms with Gasteiger partial charge in [0, 0.05) is 23.2 Å². The lowest BCUT2D eigenvalue weighted by Gasteiger charge is -2.12. The maximum atomic E-state index is 14.2. The molecule has 21 heavy (non-hydrogen) atoms. The third-order valence-electron chi connectivity index (χ3n) is 4.00. The minimum Gasteiger partial charge on any atom is -0.310 e. The van der Waals surface area contributed by atoms with Crippen LogP contribution in [0.15, 0.2) is 30.3 Å². The van der Waals surface area contributed by atoms with Gasteiger partial charge in [-0.25, -0.2) is 4.39 Å². The largest absolute Gasteiger partial charge is 0.310 e. The molecule has 0 aromatic heterocycles. The Morgan fingerprint density at radius 1 is 1.10 bits per heavy atom. The zero-order chi connectivity index (χ0) is 15.0. The van der Waals surface area contributed by atoms with Crippen molar-refractivity contribution in [2.24, 2.45) is 0 Å². The average Bonchev–Trinajstić information content (AvgIpc) is 3.26. The van der Waals surface area contributed by atoms with Gasteiger partial charge in [-0.1, -0.05) is 17.7 Å². The minimum absolute atomic E-state index is 0.185. The van der Waals surface area contributed by atoms with Crippen molar-refractivity contribution < 1.29 is 4.39 Å². The lowest BCUT2D eigenvalue weighted by atomic mass is 9.96. The first-order valence-corrected chi connectivity index (χ1v) is 7.71. The summed E-state index contributed by atoms with van der Waals surface area (Å²) in [7, 11) is 0. The number of aryl methyl sites for hydroxylation is 2. The van der Waals surface area contributed by atoms with Crippen LogP contribution in [-0.2, 0) is 6.54 Å². The molecule has 2 aromatic carbocycles. The minimum atomic E-state index is -0.185. The third-order valence-corrected chi connectivity index (χ3v) is 4.41. The van der Waals surface area contributed by atoms with Crippen LogP contribution in [0.25, 0.3) is 11.1 Å². The normalized spacial score (nSPS) is 14.5. The maximum Gasteiger partial charge on any atom is 0.131 e. The highest BCUT2D eigenvalue weighted by atomic mass is 35.5. The van der Waals surface area contributed by atoms with E-state index in [1.54, 1.807) is 6.07 Å². The van der Waals surface area contributed by atoms with Gasteiger partial charge in [-0.05, 0) is 73.2 Å². The fraction of sp³-hybridized carbons (Fsp3) is 0.333. The van der Waals surface area contributed by atoms with Crippen LogP contribution >= 0.6 is 11.6 Å². The molecule has 1 fully saturated rings. The predicted molar refractivity (Wildman–Crippen MR) is 86.2 cm³/mol. The van der Waals surface area contributed by atoms with E-state index in [0.29, 0.717) is 11.6 Å². The van der Waals surface area contributed by atoms with Gasteiger partial charge in [0.25, 0.3) is 0 Å². The SMILES string of the molecule is Cc1cc(-c2cc(CNC3CC3)ccc2F)c(C)cc1Cl. The molecule has 3 heteroatoms. The van der Waals surface area contributed by atoms with Crippen LogP contribution in [0.2, 0.25) is 5.02 Å². The molecule has 0 atom stereocenters. The molecule has 0 aliphatic heterocycles. The summed E-state index contributed by atoms with van der Waals surface area (Å²) in [4.78, 5) is 0. The Balaban J connectivity index is 1.96. The third kappa shape index (κ3) is 3.28. The van der Waals surface area contributed by atoms with Crippen LogP contribution in [0, 0.1) is 19.7 Å². The van der Waals surface area contributed by atoms with E-state index in [4.69, 9.17) is 11.6 Å². The number of hydrogen-bond donors (Lipinski definition) is 1. The van der Waals surface area contributed by atoms with Crippen LogP contribution in [0.3, 0.4) is 0 Å². The fourth-order valence-electron chi connectivity index (χ4n) is 2.51. The first-order valence-electron chi connectivity index (χ1n) is 7.33. The Kier molecular flexibility index (Phi) is 4.01. The van der Waals surface area contributed by atoms with Crippen molar-refractivity contribution in [3.8, 4) is 11.1 Å². The molecular weight excluding hydrogens is 285 g/mol. The Bertz CT molecular complexity index is 677. The lowest BCUT2D eigenvalue weighted by molar-refractivity contribution is 0.628. The number of halogens is 2. The monoisotopic (exact) mass is 303 g/mol. The first-order chi connectivity index (χ1) is 10.0. The van der Waals surface area contributed by atoms with Crippen LogP contribution in [0.1, 0.15) is 29.5 Å². The van der Waals surface area contributed by atoms with Gasteiger partial charge in [-0.3, -0.25) is 0 Å². The fourth-order valence-corrected chi connectivity index (χ4v) is 2.73. The standard InChI is InChI=1S/C18H19ClFN/c1-11-8-17(19)12(2)7-15(11)16-9-13(3-6-18(16)20)10-21-14-4-5-14/h3,6-9,14,21H,4-5,10H2,1-2H3. The van der Waals surface area contributed by atoms with Crippen molar-refractivity contribution in [3.05, 3.63) is 57.9 Å². The van der Waals surface area contributed by atoms with Gasteiger partial charge in [-0.2, -0.15) is 0 Å². The molecule has 0 amide bonds. The molecule has 2 aromatic rings. The summed E-state index contributed by atoms with van der Waals surface area (Å²) < 4.78 is 14.2. The maximum absolute atomic E-state index is 14.2. The lowest BCUT2D eigenvalue weighted by Crippen LogP contribution is -2.15. The van der Waals surface area contributed by atoms with Crippen molar-refractivity contribution >= 4 is 11.6 Å². The van der Waals surface area contributed by atoms with Crippen LogP contribution in [0.4, 0.5) is 4.39 Å². The summed E-state index contributed by atoms with van der Waals surface area (Å²) in [6, 6.07) is 9.88. The Morgan fingerprint density at radius 2 is 1.86 bits per heavy atom. The van der Waals surface area contributed by atoms with Gasteiger partial charge in [0.05, 0.1) is 0 Å². The molecule has 1 N–H and O–H groups in total. The molecule has 0 heterocycles. The molecule has 0 saturated heterocycles. The second-order valence-corrected chi connectivity index (χ2v) is 6.29. The van der Waals surface area contributed by atoms with E-state index in [-0.39, 0.29) is 5.82 Å². The highest BCUT2D eigenvalue weighted by molar-refractivity contribution is 6.31. The summed E-state index contributed by atoms with van der Waals surface area (Å²) in [5.41, 5.74) is 4.66. The first kappa shape index (κ1) is 14.6. The van der Waals surface area contributed by atoms with E-state index in [2.05, 4.69) is 5.32 Å². The molecule has 1 nitrogen and oxygen atoms in total. The van der Waals surface area contributed by atoms with Crippen LogP contribution in [0.5, 0.6) is 0 Å². The quantitative estimate of drug-likeness (QED) is 0.836. The summed E-state index contributed by atoms with van der Waals surface area (Å²) >= 11 is 6.13. The van der Waals surface area contributed by atoms with Crippen molar-refractivity contribution in [1.29, 1.82) is 0 Å². The van der Waals surface area contributed by atoms with Crippen LogP contribution < -0.4 is 5.32 Å². The van der Waals surface area contributed by atoms with Crippen molar-refractivity contribution in [2.75, 3.05) is 0 Å². The number of benzene rings is 2. The smallest absolute Gasteiger partial charge is 0.131 e. The Labute approximate surface area is 130 Å². The average molecular weight is 304 g/mol. The predicted octanol–water partition coefficient (Wildman–Crippen LogP) is 5.01. The van der Waals surface area contributed by atoms with Gasteiger partial charge < -0.3 is 5.32 Å². The number of nitrogens with one attached hydrogen (secondary N) is 1. The van der Waals surface area contributed by atoms with E-state index in [1.807, 2.05) is 38.1 Å². The van der Waals surface area contributed by atoms with Crippen molar-refractivity contribution in [3.63, 3.8) is 0 Å². The topological polar surface area (TPSA) is 12.0 Å². The molecular formula is C18H19ClFN. The molecule has 1 aliphatic rings. The van der Waals surface area contributed by atoms with Crippen LogP contribution in [-0.4, -0.2) is 6.04 Å².